The lowest BCUT2D eigenvalue weighted by atomic mass is 9.96. The second-order valence-corrected chi connectivity index (χ2v) is 9.35. The number of alkyl halides is 1. The molecule has 1 unspecified atom stereocenters. The Kier molecular flexibility index (Phi) is 4.35. The Morgan fingerprint density at radius 3 is 2.73 bits per heavy atom. The van der Waals surface area contributed by atoms with Gasteiger partial charge in [-0.2, -0.15) is 9.29 Å². The van der Waals surface area contributed by atoms with Crippen molar-refractivity contribution in [2.24, 2.45) is 0 Å². The van der Waals surface area contributed by atoms with Gasteiger partial charge in [0.05, 0.1) is 12.3 Å². The highest BCUT2D eigenvalue weighted by Gasteiger charge is 2.46. The van der Waals surface area contributed by atoms with Gasteiger partial charge in [-0.15, -0.1) is 0 Å². The Morgan fingerprint density at radius 2 is 2.04 bits per heavy atom. The van der Waals surface area contributed by atoms with Crippen LogP contribution in [0.25, 0.3) is 0 Å². The third kappa shape index (κ3) is 3.53. The molecule has 0 amide bonds. The van der Waals surface area contributed by atoms with Crippen LogP contribution in [0.4, 0.5) is 4.39 Å². The lowest BCUT2D eigenvalue weighted by Gasteiger charge is -2.34. The van der Waals surface area contributed by atoms with E-state index in [1.54, 1.807) is 12.1 Å². The van der Waals surface area contributed by atoms with E-state index in [9.17, 15) is 8.42 Å². The van der Waals surface area contributed by atoms with Crippen LogP contribution in [0.1, 0.15) is 54.4 Å². The monoisotopic (exact) mass is 379 g/mol. The van der Waals surface area contributed by atoms with Gasteiger partial charge in [0.25, 0.3) is 5.89 Å². The molecule has 6 nitrogen and oxygen atoms in total. The summed E-state index contributed by atoms with van der Waals surface area (Å²) in [6, 6.07) is 7.33. The maximum Gasteiger partial charge on any atom is 0.265 e. The van der Waals surface area contributed by atoms with Gasteiger partial charge in [0.1, 0.15) is 0 Å². The topological polar surface area (TPSA) is 76.3 Å². The average molecular weight is 379 g/mol. The summed E-state index contributed by atoms with van der Waals surface area (Å²) >= 11 is 0. The third-order valence-corrected chi connectivity index (χ3v) is 6.83. The molecule has 0 radical (unpaired) electrons. The molecule has 1 saturated carbocycles. The third-order valence-electron chi connectivity index (χ3n) is 5.04. The molecule has 2 heterocycles. The Balaban J connectivity index is 1.51. The van der Waals surface area contributed by atoms with Gasteiger partial charge in [0.15, 0.2) is 5.82 Å². The minimum absolute atomic E-state index is 0.0883. The fourth-order valence-corrected chi connectivity index (χ4v) is 4.90. The number of hydrogen-bond acceptors (Lipinski definition) is 5. The van der Waals surface area contributed by atoms with E-state index in [0.29, 0.717) is 24.4 Å². The van der Waals surface area contributed by atoms with Crippen LogP contribution in [0.5, 0.6) is 0 Å². The lowest BCUT2D eigenvalue weighted by Crippen LogP contribution is -2.46. The van der Waals surface area contributed by atoms with Gasteiger partial charge in [0, 0.05) is 12.5 Å². The normalized spacial score (nSPS) is 24.7. The molecule has 1 atom stereocenters. The summed E-state index contributed by atoms with van der Waals surface area (Å²) in [5.74, 6) is 0.577. The van der Waals surface area contributed by atoms with Crippen molar-refractivity contribution < 1.29 is 17.3 Å². The highest BCUT2D eigenvalue weighted by atomic mass is 32.2. The summed E-state index contributed by atoms with van der Waals surface area (Å²) in [5, 5.41) is 3.87. The molecule has 0 N–H and O–H groups in total. The van der Waals surface area contributed by atoms with E-state index in [-0.39, 0.29) is 30.5 Å². The molecule has 0 bridgehead atoms. The summed E-state index contributed by atoms with van der Waals surface area (Å²) in [5.41, 5.74) is -0.159. The summed E-state index contributed by atoms with van der Waals surface area (Å²) < 4.78 is 47.4. The van der Waals surface area contributed by atoms with E-state index >= 15 is 4.39 Å². The largest absolute Gasteiger partial charge is 0.336 e. The van der Waals surface area contributed by atoms with Crippen molar-refractivity contribution >= 4 is 10.0 Å². The minimum atomic E-state index is -3.62. The predicted octanol–water partition coefficient (Wildman–Crippen LogP) is 3.05. The zero-order valence-corrected chi connectivity index (χ0v) is 15.5. The summed E-state index contributed by atoms with van der Waals surface area (Å²) in [7, 11) is -3.62. The van der Waals surface area contributed by atoms with Crippen LogP contribution in [0.15, 0.2) is 28.8 Å². The van der Waals surface area contributed by atoms with Crippen molar-refractivity contribution in [2.45, 2.75) is 49.9 Å². The van der Waals surface area contributed by atoms with E-state index in [0.717, 1.165) is 18.4 Å². The number of piperidine rings is 1. The van der Waals surface area contributed by atoms with E-state index < -0.39 is 15.7 Å². The molecular weight excluding hydrogens is 357 g/mol. The Labute approximate surface area is 152 Å². The smallest absolute Gasteiger partial charge is 0.265 e. The maximum atomic E-state index is 15.5. The fourth-order valence-electron chi connectivity index (χ4n) is 3.30. The Bertz CT molecular complexity index is 893. The zero-order chi connectivity index (χ0) is 18.4. The van der Waals surface area contributed by atoms with Crippen molar-refractivity contribution in [1.82, 2.24) is 14.4 Å². The van der Waals surface area contributed by atoms with Gasteiger partial charge in [-0.1, -0.05) is 35.0 Å². The predicted molar refractivity (Wildman–Crippen MR) is 93.7 cm³/mol. The average Bonchev–Trinajstić information content (AvgIpc) is 3.33. The second kappa shape index (κ2) is 6.42. The Hall–Kier alpha value is -1.80. The standard InChI is InChI=1S/C18H22FN3O3S/c1-13-3-5-14(6-4-13)11-26(23,24)22-10-2-9-18(19,12-22)17-20-16(21-25-17)15-7-8-15/h3-6,15H,2,7-12H2,1H3. The highest BCUT2D eigenvalue weighted by Crippen LogP contribution is 2.41. The molecule has 2 aliphatic rings. The van der Waals surface area contributed by atoms with Crippen molar-refractivity contribution in [3.05, 3.63) is 47.1 Å². The minimum Gasteiger partial charge on any atom is -0.336 e. The summed E-state index contributed by atoms with van der Waals surface area (Å²) in [4.78, 5) is 4.20. The number of benzene rings is 1. The molecule has 1 aromatic heterocycles. The van der Waals surface area contributed by atoms with Crippen LogP contribution in [0.2, 0.25) is 0 Å². The molecule has 4 rings (SSSR count). The summed E-state index contributed by atoms with van der Waals surface area (Å²) in [6.07, 6.45) is 2.60. The van der Waals surface area contributed by atoms with Gasteiger partial charge in [-0.3, -0.25) is 0 Å². The first-order valence-corrected chi connectivity index (χ1v) is 10.5. The van der Waals surface area contributed by atoms with E-state index in [1.807, 2.05) is 19.1 Å². The molecule has 1 aliphatic heterocycles. The number of aromatic nitrogens is 2. The molecule has 1 aliphatic carbocycles. The molecule has 1 saturated heterocycles. The first kappa shape index (κ1) is 17.6. The van der Waals surface area contributed by atoms with Gasteiger partial charge in [0.2, 0.25) is 15.7 Å². The van der Waals surface area contributed by atoms with Gasteiger partial charge in [-0.25, -0.2) is 12.8 Å². The van der Waals surface area contributed by atoms with Crippen molar-refractivity contribution in [1.29, 1.82) is 0 Å². The maximum absolute atomic E-state index is 15.5. The molecule has 2 fully saturated rings. The summed E-state index contributed by atoms with van der Waals surface area (Å²) in [6.45, 7) is 1.98. The number of hydrogen-bond donors (Lipinski definition) is 0. The van der Waals surface area contributed by atoms with Crippen molar-refractivity contribution in [3.63, 3.8) is 0 Å². The van der Waals surface area contributed by atoms with Crippen molar-refractivity contribution in [2.75, 3.05) is 13.1 Å². The fraction of sp³-hybridized carbons (Fsp3) is 0.556. The SMILES string of the molecule is Cc1ccc(CS(=O)(=O)N2CCCC(F)(c3nc(C4CC4)no3)C2)cc1. The number of rotatable bonds is 5. The van der Waals surface area contributed by atoms with Crippen LogP contribution in [0.3, 0.4) is 0 Å². The molecule has 140 valence electrons. The molecular formula is C18H22FN3O3S. The van der Waals surface area contributed by atoms with E-state index in [1.165, 1.54) is 4.31 Å². The quantitative estimate of drug-likeness (QED) is 0.798. The molecule has 0 spiro atoms. The molecule has 8 heteroatoms. The molecule has 2 aromatic rings. The van der Waals surface area contributed by atoms with Crippen LogP contribution in [-0.4, -0.2) is 36.0 Å². The van der Waals surface area contributed by atoms with Crippen LogP contribution in [-0.2, 0) is 21.4 Å². The van der Waals surface area contributed by atoms with Crippen LogP contribution < -0.4 is 0 Å². The van der Waals surface area contributed by atoms with Crippen molar-refractivity contribution in [3.8, 4) is 0 Å². The zero-order valence-electron chi connectivity index (χ0n) is 14.7. The second-order valence-electron chi connectivity index (χ2n) is 7.38. The number of nitrogens with zero attached hydrogens (tertiary/aromatic N) is 3. The lowest BCUT2D eigenvalue weighted by molar-refractivity contribution is 0.0469. The first-order valence-electron chi connectivity index (χ1n) is 8.92. The van der Waals surface area contributed by atoms with Crippen LogP contribution in [0, 0.1) is 6.92 Å². The molecule has 26 heavy (non-hydrogen) atoms. The number of aryl methyl sites for hydroxylation is 1. The van der Waals surface area contributed by atoms with Gasteiger partial charge < -0.3 is 4.52 Å². The number of halogens is 1. The van der Waals surface area contributed by atoms with Gasteiger partial charge >= 0.3 is 0 Å². The van der Waals surface area contributed by atoms with Crippen LogP contribution >= 0.6 is 0 Å². The number of sulfonamides is 1. The molecule has 1 aromatic carbocycles. The highest BCUT2D eigenvalue weighted by molar-refractivity contribution is 7.88. The van der Waals surface area contributed by atoms with Gasteiger partial charge in [-0.05, 0) is 38.2 Å². The van der Waals surface area contributed by atoms with E-state index in [2.05, 4.69) is 10.1 Å². The van der Waals surface area contributed by atoms with E-state index in [4.69, 9.17) is 4.52 Å². The first-order chi connectivity index (χ1) is 12.4. The Morgan fingerprint density at radius 1 is 1.31 bits per heavy atom.